The first-order valence-electron chi connectivity index (χ1n) is 5.22. The molecule has 0 aliphatic heterocycles. The second-order valence-electron chi connectivity index (χ2n) is 4.98. The van der Waals surface area contributed by atoms with Gasteiger partial charge < -0.3 is 15.3 Å². The molecule has 0 amide bonds. The van der Waals surface area contributed by atoms with E-state index >= 15 is 0 Å². The third-order valence-corrected chi connectivity index (χ3v) is 4.51. The van der Waals surface area contributed by atoms with Gasteiger partial charge in [-0.3, -0.25) is 0 Å². The van der Waals surface area contributed by atoms with Crippen LogP contribution < -0.4 is 0 Å². The van der Waals surface area contributed by atoms with Gasteiger partial charge in [0.25, 0.3) is 0 Å². The van der Waals surface area contributed by atoms with Crippen molar-refractivity contribution in [1.82, 2.24) is 0 Å². The zero-order chi connectivity index (χ0) is 9.16. The van der Waals surface area contributed by atoms with Crippen LogP contribution >= 0.6 is 0 Å². The molecule has 3 aliphatic carbocycles. The van der Waals surface area contributed by atoms with Gasteiger partial charge in [-0.15, -0.1) is 0 Å². The minimum atomic E-state index is -0.274. The first kappa shape index (κ1) is 8.21. The fraction of sp³-hybridized carbons (Fsp3) is 1.00. The normalized spacial score (nSPS) is 64.4. The smallest absolute Gasteiger partial charge is 0.0576 e. The standard InChI is InChI=1S/C10H16O3/c11-7-1-4-8(12)3-6-9(13)2-5(7)10(4)6/h4-13H,1-3H2/t4-,5-,6-,7-,8-,9-,10?/m0/s1. The molecule has 0 spiro atoms. The van der Waals surface area contributed by atoms with Crippen molar-refractivity contribution in [3.63, 3.8) is 0 Å². The summed E-state index contributed by atoms with van der Waals surface area (Å²) in [4.78, 5) is 0. The van der Waals surface area contributed by atoms with Crippen LogP contribution in [-0.4, -0.2) is 33.6 Å². The summed E-state index contributed by atoms with van der Waals surface area (Å²) >= 11 is 0. The van der Waals surface area contributed by atoms with E-state index in [1.165, 1.54) is 0 Å². The lowest BCUT2D eigenvalue weighted by Gasteiger charge is -2.14. The van der Waals surface area contributed by atoms with Crippen LogP contribution in [0, 0.1) is 23.7 Å². The molecule has 3 nitrogen and oxygen atoms in total. The van der Waals surface area contributed by atoms with Crippen molar-refractivity contribution in [2.45, 2.75) is 37.6 Å². The summed E-state index contributed by atoms with van der Waals surface area (Å²) in [6.45, 7) is 0. The third-order valence-electron chi connectivity index (χ3n) is 4.51. The molecule has 0 heterocycles. The summed E-state index contributed by atoms with van der Waals surface area (Å²) in [5.74, 6) is 1.20. The van der Waals surface area contributed by atoms with Crippen LogP contribution in [0.4, 0.5) is 0 Å². The Balaban J connectivity index is 1.94. The molecule has 0 aromatic heterocycles. The van der Waals surface area contributed by atoms with E-state index in [4.69, 9.17) is 0 Å². The molecule has 0 unspecified atom stereocenters. The Labute approximate surface area is 77.4 Å². The summed E-state index contributed by atoms with van der Waals surface area (Å²) in [7, 11) is 0. The first-order chi connectivity index (χ1) is 6.18. The number of hydrogen-bond acceptors (Lipinski definition) is 3. The molecule has 3 aliphatic rings. The van der Waals surface area contributed by atoms with Crippen LogP contribution in [0.5, 0.6) is 0 Å². The highest BCUT2D eigenvalue weighted by atomic mass is 16.3. The van der Waals surface area contributed by atoms with Gasteiger partial charge in [-0.05, 0) is 42.9 Å². The molecular weight excluding hydrogens is 168 g/mol. The highest BCUT2D eigenvalue weighted by molar-refractivity contribution is 5.08. The molecule has 3 fully saturated rings. The van der Waals surface area contributed by atoms with Gasteiger partial charge in [0.15, 0.2) is 0 Å². The number of aliphatic hydroxyl groups is 3. The number of aliphatic hydroxyl groups excluding tert-OH is 3. The highest BCUT2D eigenvalue weighted by Crippen LogP contribution is 2.58. The lowest BCUT2D eigenvalue weighted by molar-refractivity contribution is 0.102. The Morgan fingerprint density at radius 2 is 0.923 bits per heavy atom. The average Bonchev–Trinajstić information content (AvgIpc) is 2.63. The van der Waals surface area contributed by atoms with Gasteiger partial charge in [0.2, 0.25) is 0 Å². The fourth-order valence-corrected chi connectivity index (χ4v) is 4.03. The number of hydrogen-bond donors (Lipinski definition) is 3. The number of rotatable bonds is 0. The van der Waals surface area contributed by atoms with Gasteiger partial charge in [0, 0.05) is 0 Å². The summed E-state index contributed by atoms with van der Waals surface area (Å²) in [6, 6.07) is 0. The van der Waals surface area contributed by atoms with E-state index < -0.39 is 0 Å². The molecule has 3 heteroatoms. The lowest BCUT2D eigenvalue weighted by atomic mass is 9.92. The average molecular weight is 184 g/mol. The Kier molecular flexibility index (Phi) is 1.56. The zero-order valence-corrected chi connectivity index (χ0v) is 7.50. The van der Waals surface area contributed by atoms with Crippen LogP contribution in [0.3, 0.4) is 0 Å². The topological polar surface area (TPSA) is 60.7 Å². The van der Waals surface area contributed by atoms with Crippen LogP contribution in [0.2, 0.25) is 0 Å². The maximum absolute atomic E-state index is 9.73. The Morgan fingerprint density at radius 3 is 1.23 bits per heavy atom. The van der Waals surface area contributed by atoms with Gasteiger partial charge in [0.05, 0.1) is 18.3 Å². The SMILES string of the molecule is O[C@H]1C[C@@H]2C3[C@H]1C[C@H](O)[C@@H]3C[C@@H]2O. The van der Waals surface area contributed by atoms with E-state index in [1.807, 2.05) is 0 Å². The molecule has 3 N–H and O–H groups in total. The Hall–Kier alpha value is -0.120. The van der Waals surface area contributed by atoms with Crippen LogP contribution in [-0.2, 0) is 0 Å². The molecule has 0 aromatic carbocycles. The minimum Gasteiger partial charge on any atom is -0.393 e. The van der Waals surface area contributed by atoms with E-state index in [9.17, 15) is 15.3 Å². The maximum atomic E-state index is 9.73. The Morgan fingerprint density at radius 1 is 0.615 bits per heavy atom. The van der Waals surface area contributed by atoms with Gasteiger partial charge in [-0.2, -0.15) is 0 Å². The largest absolute Gasteiger partial charge is 0.393 e. The molecule has 3 rings (SSSR count). The quantitative estimate of drug-likeness (QED) is 0.486. The van der Waals surface area contributed by atoms with Crippen molar-refractivity contribution in [3.05, 3.63) is 0 Å². The molecule has 0 aromatic rings. The lowest BCUT2D eigenvalue weighted by Crippen LogP contribution is -2.15. The fourth-order valence-electron chi connectivity index (χ4n) is 4.03. The summed E-state index contributed by atoms with van der Waals surface area (Å²) in [5.41, 5.74) is 0. The van der Waals surface area contributed by atoms with Crippen LogP contribution in [0.15, 0.2) is 0 Å². The molecule has 3 saturated carbocycles. The first-order valence-corrected chi connectivity index (χ1v) is 5.22. The van der Waals surface area contributed by atoms with Crippen molar-refractivity contribution in [3.8, 4) is 0 Å². The van der Waals surface area contributed by atoms with Gasteiger partial charge in [0.1, 0.15) is 0 Å². The molecule has 0 bridgehead atoms. The third kappa shape index (κ3) is 0.901. The molecule has 0 radical (unpaired) electrons. The van der Waals surface area contributed by atoms with Crippen molar-refractivity contribution < 1.29 is 15.3 Å². The monoisotopic (exact) mass is 184 g/mol. The van der Waals surface area contributed by atoms with Gasteiger partial charge >= 0.3 is 0 Å². The van der Waals surface area contributed by atoms with E-state index in [1.54, 1.807) is 0 Å². The van der Waals surface area contributed by atoms with Crippen molar-refractivity contribution in [2.24, 2.45) is 23.7 Å². The van der Waals surface area contributed by atoms with Crippen molar-refractivity contribution >= 4 is 0 Å². The van der Waals surface area contributed by atoms with Gasteiger partial charge in [-0.1, -0.05) is 0 Å². The van der Waals surface area contributed by atoms with E-state index in [0.717, 1.165) is 19.3 Å². The summed E-state index contributed by atoms with van der Waals surface area (Å²) in [6.07, 6.45) is 1.43. The van der Waals surface area contributed by atoms with E-state index in [2.05, 4.69) is 0 Å². The van der Waals surface area contributed by atoms with Crippen LogP contribution in [0.1, 0.15) is 19.3 Å². The minimum absolute atomic E-state index is 0.266. The molecule has 74 valence electrons. The highest BCUT2D eigenvalue weighted by Gasteiger charge is 2.59. The predicted octanol–water partition coefficient (Wildman–Crippen LogP) is -0.255. The van der Waals surface area contributed by atoms with Crippen LogP contribution in [0.25, 0.3) is 0 Å². The van der Waals surface area contributed by atoms with Gasteiger partial charge in [-0.25, -0.2) is 0 Å². The predicted molar refractivity (Wildman–Crippen MR) is 45.8 cm³/mol. The second-order valence-corrected chi connectivity index (χ2v) is 4.98. The summed E-state index contributed by atoms with van der Waals surface area (Å²) in [5, 5.41) is 29.2. The maximum Gasteiger partial charge on any atom is 0.0576 e. The zero-order valence-electron chi connectivity index (χ0n) is 7.50. The van der Waals surface area contributed by atoms with E-state index in [-0.39, 0.29) is 36.1 Å². The second kappa shape index (κ2) is 2.47. The molecule has 13 heavy (non-hydrogen) atoms. The molecular formula is C10H16O3. The van der Waals surface area contributed by atoms with Crippen molar-refractivity contribution in [1.29, 1.82) is 0 Å². The Bertz CT molecular complexity index is 192. The molecule has 0 saturated heterocycles. The summed E-state index contributed by atoms with van der Waals surface area (Å²) < 4.78 is 0. The molecule has 6 atom stereocenters. The van der Waals surface area contributed by atoms with Crippen molar-refractivity contribution in [2.75, 3.05) is 0 Å². The van der Waals surface area contributed by atoms with E-state index in [0.29, 0.717) is 5.92 Å².